The smallest absolute Gasteiger partial charge is 0.0547 e. The number of rotatable bonds is 8. The number of fused-ring (bicyclic) bond motifs is 6. The number of hydrogen-bond donors (Lipinski definition) is 0. The van der Waals surface area contributed by atoms with Crippen LogP contribution < -0.4 is 4.90 Å². The van der Waals surface area contributed by atoms with Gasteiger partial charge in [-0.2, -0.15) is 0 Å². The molecule has 0 aliphatic heterocycles. The highest BCUT2D eigenvalue weighted by Gasteiger charge is 2.19. The summed E-state index contributed by atoms with van der Waals surface area (Å²) in [7, 11) is 0. The van der Waals surface area contributed by atoms with Crippen LogP contribution >= 0.6 is 11.3 Å². The summed E-state index contributed by atoms with van der Waals surface area (Å²) >= 11 is 1.88. The molecular weight excluding hydrogens is 781 g/mol. The second-order valence-corrected chi connectivity index (χ2v) is 17.2. The predicted octanol–water partition coefficient (Wildman–Crippen LogP) is 17.3. The van der Waals surface area contributed by atoms with Crippen molar-refractivity contribution in [2.45, 2.75) is 0 Å². The molecule has 0 amide bonds. The first-order chi connectivity index (χ1) is 31.2. The van der Waals surface area contributed by atoms with Crippen molar-refractivity contribution in [1.29, 1.82) is 0 Å². The Morgan fingerprint density at radius 2 is 0.825 bits per heavy atom. The zero-order valence-electron chi connectivity index (χ0n) is 34.4. The second-order valence-electron chi connectivity index (χ2n) is 16.1. The van der Waals surface area contributed by atoms with Crippen LogP contribution in [0, 0.1) is 0 Å². The van der Waals surface area contributed by atoms with Gasteiger partial charge in [0.05, 0.1) is 11.0 Å². The van der Waals surface area contributed by atoms with Crippen molar-refractivity contribution in [3.8, 4) is 50.2 Å². The van der Waals surface area contributed by atoms with Gasteiger partial charge in [-0.1, -0.05) is 170 Å². The van der Waals surface area contributed by atoms with E-state index < -0.39 is 0 Å². The van der Waals surface area contributed by atoms with E-state index in [2.05, 4.69) is 252 Å². The monoisotopic (exact) mass is 820 g/mol. The Labute approximate surface area is 370 Å². The molecule has 0 unspecified atom stereocenters. The first-order valence-corrected chi connectivity index (χ1v) is 22.3. The van der Waals surface area contributed by atoms with Gasteiger partial charge in [0.2, 0.25) is 0 Å². The fourth-order valence-corrected chi connectivity index (χ4v) is 10.6. The van der Waals surface area contributed by atoms with Crippen LogP contribution in [0.2, 0.25) is 0 Å². The molecule has 0 fully saturated rings. The Bertz CT molecular complexity index is 3590. The van der Waals surface area contributed by atoms with Crippen molar-refractivity contribution in [3.63, 3.8) is 0 Å². The van der Waals surface area contributed by atoms with Gasteiger partial charge in [-0.05, 0) is 117 Å². The summed E-state index contributed by atoms with van der Waals surface area (Å²) in [6.07, 6.45) is 0. The summed E-state index contributed by atoms with van der Waals surface area (Å²) < 4.78 is 5.00. The van der Waals surface area contributed by atoms with Gasteiger partial charge < -0.3 is 9.47 Å². The van der Waals surface area contributed by atoms with E-state index in [4.69, 9.17) is 0 Å². The lowest BCUT2D eigenvalue weighted by atomic mass is 9.96. The number of anilines is 3. The van der Waals surface area contributed by atoms with Crippen LogP contribution in [-0.4, -0.2) is 4.57 Å². The van der Waals surface area contributed by atoms with Crippen LogP contribution in [0.3, 0.4) is 0 Å². The molecule has 296 valence electrons. The van der Waals surface area contributed by atoms with Crippen LogP contribution in [0.25, 0.3) is 92.2 Å². The SMILES string of the molecule is c1ccc(-c2ccc(N(c3ccc(-c4ccc5c6ccccc6n(-c6ccccc6)c5c4)cc3)c3cc(-c4ccccc4)cc(-c4cccc5c4sc4ccccc45)c3)cc2)cc1. The largest absolute Gasteiger partial charge is 0.310 e. The third-order valence-corrected chi connectivity index (χ3v) is 13.6. The number of benzene rings is 10. The molecule has 0 saturated heterocycles. The molecule has 0 saturated carbocycles. The number of para-hydroxylation sites is 2. The molecule has 2 nitrogen and oxygen atoms in total. The minimum Gasteiger partial charge on any atom is -0.310 e. The van der Waals surface area contributed by atoms with Crippen molar-refractivity contribution >= 4 is 70.4 Å². The van der Waals surface area contributed by atoms with Gasteiger partial charge in [0.1, 0.15) is 0 Å². The molecule has 2 heterocycles. The summed E-state index contributed by atoms with van der Waals surface area (Å²) in [5.74, 6) is 0. The summed E-state index contributed by atoms with van der Waals surface area (Å²) in [6, 6.07) is 88.4. The molecule has 3 heteroatoms. The van der Waals surface area contributed by atoms with E-state index in [1.807, 2.05) is 11.3 Å². The molecular formula is C60H40N2S. The zero-order valence-corrected chi connectivity index (χ0v) is 35.2. The van der Waals surface area contributed by atoms with Crippen LogP contribution in [-0.2, 0) is 0 Å². The molecule has 0 N–H and O–H groups in total. The van der Waals surface area contributed by atoms with E-state index in [9.17, 15) is 0 Å². The molecule has 10 aromatic carbocycles. The maximum atomic E-state index is 2.41. The number of hydrogen-bond acceptors (Lipinski definition) is 2. The minimum atomic E-state index is 1.09. The van der Waals surface area contributed by atoms with Gasteiger partial charge in [-0.3, -0.25) is 0 Å². The Balaban J connectivity index is 1.02. The molecule has 0 aliphatic carbocycles. The highest BCUT2D eigenvalue weighted by molar-refractivity contribution is 7.26. The van der Waals surface area contributed by atoms with Gasteiger partial charge in [-0.15, -0.1) is 11.3 Å². The van der Waals surface area contributed by atoms with Crippen LogP contribution in [0.1, 0.15) is 0 Å². The molecule has 0 spiro atoms. The Kier molecular flexibility index (Phi) is 9.06. The molecule has 0 atom stereocenters. The van der Waals surface area contributed by atoms with Crippen LogP contribution in [0.4, 0.5) is 17.1 Å². The summed E-state index contributed by atoms with van der Waals surface area (Å²) in [6.45, 7) is 0. The van der Waals surface area contributed by atoms with Gasteiger partial charge in [-0.25, -0.2) is 0 Å². The van der Waals surface area contributed by atoms with Crippen molar-refractivity contribution in [2.75, 3.05) is 4.90 Å². The highest BCUT2D eigenvalue weighted by Crippen LogP contribution is 2.45. The summed E-state index contributed by atoms with van der Waals surface area (Å²) in [5.41, 5.74) is 16.4. The third-order valence-electron chi connectivity index (χ3n) is 12.4. The number of nitrogens with zero attached hydrogens (tertiary/aromatic N) is 2. The Morgan fingerprint density at radius 3 is 1.54 bits per heavy atom. The highest BCUT2D eigenvalue weighted by atomic mass is 32.1. The van der Waals surface area contributed by atoms with Gasteiger partial charge in [0.15, 0.2) is 0 Å². The quantitative estimate of drug-likeness (QED) is 0.148. The number of thiophene rings is 1. The third kappa shape index (κ3) is 6.58. The first kappa shape index (κ1) is 36.8. The van der Waals surface area contributed by atoms with Gasteiger partial charge in [0.25, 0.3) is 0 Å². The van der Waals surface area contributed by atoms with E-state index in [0.717, 1.165) is 22.7 Å². The maximum Gasteiger partial charge on any atom is 0.0547 e. The molecule has 0 radical (unpaired) electrons. The molecule has 63 heavy (non-hydrogen) atoms. The van der Waals surface area contributed by atoms with Crippen molar-refractivity contribution in [1.82, 2.24) is 4.57 Å². The number of aromatic nitrogens is 1. The molecule has 12 aromatic rings. The van der Waals surface area contributed by atoms with E-state index in [1.54, 1.807) is 0 Å². The molecule has 0 aliphatic rings. The van der Waals surface area contributed by atoms with E-state index in [-0.39, 0.29) is 0 Å². The average Bonchev–Trinajstić information content (AvgIpc) is 3.91. The minimum absolute atomic E-state index is 1.09. The lowest BCUT2D eigenvalue weighted by Crippen LogP contribution is -2.10. The molecule has 0 bridgehead atoms. The molecule has 12 rings (SSSR count). The van der Waals surface area contributed by atoms with Crippen molar-refractivity contribution < 1.29 is 0 Å². The van der Waals surface area contributed by atoms with Crippen molar-refractivity contribution in [2.24, 2.45) is 0 Å². The lowest BCUT2D eigenvalue weighted by Gasteiger charge is -2.27. The van der Waals surface area contributed by atoms with E-state index in [1.165, 1.54) is 86.5 Å². The second kappa shape index (κ2) is 15.5. The van der Waals surface area contributed by atoms with E-state index >= 15 is 0 Å². The normalized spacial score (nSPS) is 11.5. The lowest BCUT2D eigenvalue weighted by molar-refractivity contribution is 1.18. The molecule has 2 aromatic heterocycles. The van der Waals surface area contributed by atoms with Crippen LogP contribution in [0.5, 0.6) is 0 Å². The van der Waals surface area contributed by atoms with Crippen molar-refractivity contribution in [3.05, 3.63) is 243 Å². The maximum absolute atomic E-state index is 2.41. The van der Waals surface area contributed by atoms with Gasteiger partial charge in [0, 0.05) is 53.7 Å². The fraction of sp³-hybridized carbons (Fsp3) is 0. The van der Waals surface area contributed by atoms with Gasteiger partial charge >= 0.3 is 0 Å². The van der Waals surface area contributed by atoms with Crippen LogP contribution in [0.15, 0.2) is 243 Å². The van der Waals surface area contributed by atoms with E-state index in [0.29, 0.717) is 0 Å². The Morgan fingerprint density at radius 1 is 0.302 bits per heavy atom. The summed E-state index contributed by atoms with van der Waals surface area (Å²) in [5, 5.41) is 5.11. The topological polar surface area (TPSA) is 8.17 Å². The standard InChI is InChI=1S/C60H40N2S/c1-4-15-41(16-5-1)43-27-32-49(33-28-43)61(50-34-29-44(30-35-50)45-31-36-54-53-21-10-12-25-57(53)62(58(54)40-45)48-19-8-3-9-20-48)51-38-46(42-17-6-2-7-18-42)37-47(39-51)52-23-14-24-56-55-22-11-13-26-59(55)63-60(52)56/h1-40H. The fourth-order valence-electron chi connectivity index (χ4n) is 9.36. The summed E-state index contributed by atoms with van der Waals surface area (Å²) in [4.78, 5) is 2.41. The predicted molar refractivity (Wildman–Crippen MR) is 270 cm³/mol. The zero-order chi connectivity index (χ0) is 41.7. The Hall–Kier alpha value is -7.98. The first-order valence-electron chi connectivity index (χ1n) is 21.5. The average molecular weight is 821 g/mol.